The fraction of sp³-hybridized carbons (Fsp3) is 0.400. The molecule has 3 nitrogen and oxygen atoms in total. The Bertz CT molecular complexity index is 485. The van der Waals surface area contributed by atoms with Gasteiger partial charge in [0.1, 0.15) is 12.0 Å². The van der Waals surface area contributed by atoms with Crippen molar-refractivity contribution < 1.29 is 9.53 Å². The summed E-state index contributed by atoms with van der Waals surface area (Å²) in [5.74, 6) is 0.663. The number of unbranched alkanes of at least 4 members (excludes halogenated alkanes) is 2. The minimum absolute atomic E-state index is 0.0284. The van der Waals surface area contributed by atoms with E-state index in [9.17, 15) is 4.79 Å². The third-order valence-electron chi connectivity index (χ3n) is 3.16. The molecule has 4 heteroatoms. The molecule has 0 spiro atoms. The van der Waals surface area contributed by atoms with Gasteiger partial charge in [0.2, 0.25) is 0 Å². The minimum Gasteiger partial charge on any atom is -0.462 e. The summed E-state index contributed by atoms with van der Waals surface area (Å²) in [5.41, 5.74) is 1.50. The first kappa shape index (κ1) is 14.1. The molecule has 2 rings (SSSR count). The number of benzene rings is 1. The molecule has 0 saturated heterocycles. The van der Waals surface area contributed by atoms with Crippen LogP contribution in [0.2, 0.25) is 0 Å². The molecule has 1 amide bonds. The predicted octanol–water partition coefficient (Wildman–Crippen LogP) is 3.95. The normalized spacial score (nSPS) is 14.5. The maximum Gasteiger partial charge on any atom is 0.261 e. The summed E-state index contributed by atoms with van der Waals surface area (Å²) in [4.78, 5) is 14.3. The molecule has 0 atom stereocenters. The first-order valence-corrected chi connectivity index (χ1v) is 7.66. The van der Waals surface area contributed by atoms with Crippen LogP contribution in [0.5, 0.6) is 5.75 Å². The minimum atomic E-state index is 0.0284. The number of carbonyl (C=O) groups is 1. The van der Waals surface area contributed by atoms with E-state index in [-0.39, 0.29) is 5.91 Å². The van der Waals surface area contributed by atoms with E-state index in [4.69, 9.17) is 4.74 Å². The molecule has 1 aromatic rings. The van der Waals surface area contributed by atoms with Gasteiger partial charge in [-0.15, -0.1) is 0 Å². The monoisotopic (exact) mass is 323 g/mol. The van der Waals surface area contributed by atoms with Gasteiger partial charge in [-0.25, -0.2) is 0 Å². The maximum atomic E-state index is 12.5. The highest BCUT2D eigenvalue weighted by molar-refractivity contribution is 9.09. The average molecular weight is 324 g/mol. The Labute approximate surface area is 122 Å². The SMILES string of the molecule is CC1=COc2ccccc2C(=O)N1CCCCCBr. The maximum absolute atomic E-state index is 12.5. The van der Waals surface area contributed by atoms with E-state index >= 15 is 0 Å². The van der Waals surface area contributed by atoms with Gasteiger partial charge in [0.15, 0.2) is 0 Å². The zero-order valence-corrected chi connectivity index (χ0v) is 12.6. The van der Waals surface area contributed by atoms with Crippen LogP contribution in [0.1, 0.15) is 36.5 Å². The second-order valence-electron chi connectivity index (χ2n) is 4.58. The number of ether oxygens (including phenoxy) is 1. The number of nitrogens with zero attached hydrogens (tertiary/aromatic N) is 1. The highest BCUT2D eigenvalue weighted by Crippen LogP contribution is 2.25. The number of rotatable bonds is 5. The van der Waals surface area contributed by atoms with E-state index in [0.29, 0.717) is 11.3 Å². The molecular weight excluding hydrogens is 306 g/mol. The molecule has 0 aliphatic carbocycles. The molecular formula is C15H18BrNO2. The first-order valence-electron chi connectivity index (χ1n) is 6.54. The summed E-state index contributed by atoms with van der Waals surface area (Å²) in [6.45, 7) is 2.65. The zero-order chi connectivity index (χ0) is 13.7. The van der Waals surface area contributed by atoms with Gasteiger partial charge < -0.3 is 9.64 Å². The van der Waals surface area contributed by atoms with Crippen molar-refractivity contribution in [3.05, 3.63) is 41.8 Å². The van der Waals surface area contributed by atoms with Crippen molar-refractivity contribution in [2.75, 3.05) is 11.9 Å². The average Bonchev–Trinajstić information content (AvgIpc) is 2.55. The molecule has 1 heterocycles. The number of halogens is 1. The van der Waals surface area contributed by atoms with Crippen molar-refractivity contribution in [3.8, 4) is 5.75 Å². The molecule has 0 fully saturated rings. The van der Waals surface area contributed by atoms with Gasteiger partial charge in [-0.05, 0) is 31.9 Å². The van der Waals surface area contributed by atoms with Crippen molar-refractivity contribution in [2.45, 2.75) is 26.2 Å². The van der Waals surface area contributed by atoms with Gasteiger partial charge in [-0.3, -0.25) is 4.79 Å². The lowest BCUT2D eigenvalue weighted by molar-refractivity contribution is 0.0806. The predicted molar refractivity (Wildman–Crippen MR) is 79.5 cm³/mol. The molecule has 0 saturated carbocycles. The lowest BCUT2D eigenvalue weighted by Crippen LogP contribution is -2.29. The number of carbonyl (C=O) groups excluding carboxylic acids is 1. The fourth-order valence-corrected chi connectivity index (χ4v) is 2.48. The Kier molecular flexibility index (Phi) is 5.02. The summed E-state index contributed by atoms with van der Waals surface area (Å²) in [7, 11) is 0. The molecule has 19 heavy (non-hydrogen) atoms. The van der Waals surface area contributed by atoms with Crippen LogP contribution in [-0.4, -0.2) is 22.7 Å². The molecule has 1 aliphatic rings. The summed E-state index contributed by atoms with van der Waals surface area (Å²) < 4.78 is 5.56. The zero-order valence-electron chi connectivity index (χ0n) is 11.1. The third kappa shape index (κ3) is 3.38. The summed E-state index contributed by atoms with van der Waals surface area (Å²) in [6.07, 6.45) is 4.92. The van der Waals surface area contributed by atoms with Gasteiger partial charge in [-0.1, -0.05) is 34.5 Å². The van der Waals surface area contributed by atoms with E-state index in [1.54, 1.807) is 11.2 Å². The van der Waals surface area contributed by atoms with Gasteiger partial charge >= 0.3 is 0 Å². The van der Waals surface area contributed by atoms with E-state index in [1.165, 1.54) is 0 Å². The van der Waals surface area contributed by atoms with Crippen molar-refractivity contribution in [3.63, 3.8) is 0 Å². The Morgan fingerprint density at radius 3 is 2.79 bits per heavy atom. The van der Waals surface area contributed by atoms with Crippen LogP contribution in [0.25, 0.3) is 0 Å². The Morgan fingerprint density at radius 1 is 1.21 bits per heavy atom. The van der Waals surface area contributed by atoms with Crippen LogP contribution in [0.15, 0.2) is 36.2 Å². The quantitative estimate of drug-likeness (QED) is 0.606. The largest absolute Gasteiger partial charge is 0.462 e. The van der Waals surface area contributed by atoms with Crippen LogP contribution in [0.4, 0.5) is 0 Å². The second kappa shape index (κ2) is 6.75. The van der Waals surface area contributed by atoms with Crippen molar-refractivity contribution in [1.29, 1.82) is 0 Å². The molecule has 1 aliphatic heterocycles. The first-order chi connectivity index (χ1) is 9.24. The summed E-state index contributed by atoms with van der Waals surface area (Å²) in [6, 6.07) is 7.38. The Morgan fingerprint density at radius 2 is 2.00 bits per heavy atom. The molecule has 0 N–H and O–H groups in total. The van der Waals surface area contributed by atoms with Crippen LogP contribution in [-0.2, 0) is 0 Å². The standard InChI is InChI=1S/C15H18BrNO2/c1-12-11-19-14-8-4-3-7-13(14)15(18)17(12)10-6-2-5-9-16/h3-4,7-8,11H,2,5-6,9-10H2,1H3. The lowest BCUT2D eigenvalue weighted by Gasteiger charge is -2.21. The lowest BCUT2D eigenvalue weighted by atomic mass is 10.1. The van der Waals surface area contributed by atoms with Gasteiger partial charge in [0.05, 0.1) is 11.3 Å². The number of para-hydroxylation sites is 1. The number of fused-ring (bicyclic) bond motifs is 1. The van der Waals surface area contributed by atoms with Crippen molar-refractivity contribution in [2.24, 2.45) is 0 Å². The van der Waals surface area contributed by atoms with Crippen LogP contribution >= 0.6 is 15.9 Å². The second-order valence-corrected chi connectivity index (χ2v) is 5.37. The molecule has 0 bridgehead atoms. The van der Waals surface area contributed by atoms with Gasteiger partial charge in [0, 0.05) is 11.9 Å². The number of alkyl halides is 1. The van der Waals surface area contributed by atoms with E-state index in [1.807, 2.05) is 31.2 Å². The molecule has 0 aromatic heterocycles. The molecule has 0 radical (unpaired) electrons. The van der Waals surface area contributed by atoms with Crippen LogP contribution < -0.4 is 4.74 Å². The Balaban J connectivity index is 2.12. The van der Waals surface area contributed by atoms with E-state index < -0.39 is 0 Å². The Hall–Kier alpha value is -1.29. The molecule has 0 unspecified atom stereocenters. The number of hydrogen-bond donors (Lipinski definition) is 0. The summed E-state index contributed by atoms with van der Waals surface area (Å²) in [5, 5.41) is 1.02. The number of allylic oxidation sites excluding steroid dienone is 1. The number of amides is 1. The third-order valence-corrected chi connectivity index (χ3v) is 3.72. The molecule has 102 valence electrons. The molecule has 1 aromatic carbocycles. The smallest absolute Gasteiger partial charge is 0.261 e. The van der Waals surface area contributed by atoms with Crippen LogP contribution in [0.3, 0.4) is 0 Å². The van der Waals surface area contributed by atoms with Crippen molar-refractivity contribution >= 4 is 21.8 Å². The highest BCUT2D eigenvalue weighted by Gasteiger charge is 2.23. The van der Waals surface area contributed by atoms with Crippen LogP contribution in [0, 0.1) is 0 Å². The van der Waals surface area contributed by atoms with Crippen molar-refractivity contribution in [1.82, 2.24) is 4.90 Å². The highest BCUT2D eigenvalue weighted by atomic mass is 79.9. The topological polar surface area (TPSA) is 29.5 Å². The van der Waals surface area contributed by atoms with E-state index in [2.05, 4.69) is 15.9 Å². The van der Waals surface area contributed by atoms with Gasteiger partial charge in [0.25, 0.3) is 5.91 Å². The summed E-state index contributed by atoms with van der Waals surface area (Å²) >= 11 is 3.42. The number of hydrogen-bond acceptors (Lipinski definition) is 2. The van der Waals surface area contributed by atoms with E-state index in [0.717, 1.165) is 36.8 Å². The fourth-order valence-electron chi connectivity index (χ4n) is 2.08. The van der Waals surface area contributed by atoms with Gasteiger partial charge in [-0.2, -0.15) is 0 Å².